The lowest BCUT2D eigenvalue weighted by Gasteiger charge is -2.27. The molecule has 0 radical (unpaired) electrons. The van der Waals surface area contributed by atoms with E-state index in [0.29, 0.717) is 23.1 Å². The first-order valence-corrected chi connectivity index (χ1v) is 7.03. The van der Waals surface area contributed by atoms with E-state index in [9.17, 15) is 14.7 Å². The van der Waals surface area contributed by atoms with E-state index in [1.165, 1.54) is 0 Å². The third-order valence-corrected chi connectivity index (χ3v) is 4.06. The van der Waals surface area contributed by atoms with Crippen molar-refractivity contribution in [2.75, 3.05) is 5.32 Å². The van der Waals surface area contributed by atoms with Crippen molar-refractivity contribution in [3.05, 3.63) is 22.8 Å². The van der Waals surface area contributed by atoms with Gasteiger partial charge in [-0.2, -0.15) is 0 Å². The van der Waals surface area contributed by atoms with Crippen LogP contribution in [-0.4, -0.2) is 22.0 Å². The maximum Gasteiger partial charge on any atom is 0.307 e. The molecular weight excluding hydrogens is 312 g/mol. The van der Waals surface area contributed by atoms with Crippen LogP contribution in [-0.2, 0) is 9.59 Å². The Bertz CT molecular complexity index is 493. The number of rotatable bonds is 3. The van der Waals surface area contributed by atoms with Gasteiger partial charge in [-0.3, -0.25) is 9.59 Å². The lowest BCUT2D eigenvalue weighted by Crippen LogP contribution is -2.36. The summed E-state index contributed by atoms with van der Waals surface area (Å²) in [6, 6.07) is 3.53. The molecule has 2 N–H and O–H groups in total. The summed E-state index contributed by atoms with van der Waals surface area (Å²) < 4.78 is 0.686. The smallest absolute Gasteiger partial charge is 0.307 e. The number of carbonyl (C=O) groups excluding carboxylic acids is 1. The van der Waals surface area contributed by atoms with E-state index in [2.05, 4.69) is 26.2 Å². The Hall–Kier alpha value is -1.43. The van der Waals surface area contributed by atoms with Crippen LogP contribution in [0, 0.1) is 11.8 Å². The Balaban J connectivity index is 2.10. The minimum atomic E-state index is -0.889. The molecule has 0 bridgehead atoms. The third kappa shape index (κ3) is 3.32. The molecule has 1 aromatic heterocycles. The molecule has 2 atom stereocenters. The summed E-state index contributed by atoms with van der Waals surface area (Å²) in [6.07, 6.45) is 4.53. The highest BCUT2D eigenvalue weighted by atomic mass is 79.9. The van der Waals surface area contributed by atoms with Gasteiger partial charge < -0.3 is 10.4 Å². The summed E-state index contributed by atoms with van der Waals surface area (Å²) in [4.78, 5) is 27.4. The second kappa shape index (κ2) is 6.14. The van der Waals surface area contributed by atoms with Gasteiger partial charge in [-0.1, -0.05) is 12.8 Å². The van der Waals surface area contributed by atoms with Crippen molar-refractivity contribution < 1.29 is 14.7 Å². The highest BCUT2D eigenvalue weighted by Gasteiger charge is 2.35. The molecule has 6 heteroatoms. The standard InChI is InChI=1S/C13H15BrN2O3/c14-10-6-3-7-15-11(10)16-12(17)8-4-1-2-5-9(8)13(18)19/h3,6-9H,1-2,4-5H2,(H,18,19)(H,15,16,17)/t8-,9+/m1/s1. The maximum atomic E-state index is 12.2. The number of carboxylic acid groups (broad SMARTS) is 1. The summed E-state index contributed by atoms with van der Waals surface area (Å²) in [5.74, 6) is -1.77. The topological polar surface area (TPSA) is 79.3 Å². The summed E-state index contributed by atoms with van der Waals surface area (Å²) in [5, 5.41) is 11.9. The van der Waals surface area contributed by atoms with E-state index in [0.717, 1.165) is 12.8 Å². The number of hydrogen-bond acceptors (Lipinski definition) is 3. The number of anilines is 1. The van der Waals surface area contributed by atoms with Crippen LogP contribution in [0.1, 0.15) is 25.7 Å². The molecule has 102 valence electrons. The molecule has 0 aromatic carbocycles. The van der Waals surface area contributed by atoms with Crippen molar-refractivity contribution in [3.63, 3.8) is 0 Å². The van der Waals surface area contributed by atoms with Gasteiger partial charge in [0.15, 0.2) is 0 Å². The number of aliphatic carboxylic acids is 1. The highest BCUT2D eigenvalue weighted by Crippen LogP contribution is 2.31. The van der Waals surface area contributed by atoms with Crippen molar-refractivity contribution in [2.45, 2.75) is 25.7 Å². The quantitative estimate of drug-likeness (QED) is 0.894. The molecule has 2 rings (SSSR count). The molecule has 19 heavy (non-hydrogen) atoms. The molecule has 1 heterocycles. The minimum absolute atomic E-state index is 0.258. The van der Waals surface area contributed by atoms with Crippen LogP contribution in [0.2, 0.25) is 0 Å². The molecule has 1 aliphatic rings. The minimum Gasteiger partial charge on any atom is -0.481 e. The molecule has 0 aliphatic heterocycles. The number of pyridine rings is 1. The molecule has 0 unspecified atom stereocenters. The lowest BCUT2D eigenvalue weighted by atomic mass is 9.79. The van der Waals surface area contributed by atoms with Gasteiger partial charge in [-0.25, -0.2) is 4.98 Å². The normalized spacial score (nSPS) is 22.8. The number of nitrogens with zero attached hydrogens (tertiary/aromatic N) is 1. The molecular formula is C13H15BrN2O3. The number of aromatic nitrogens is 1. The second-order valence-corrected chi connectivity index (χ2v) is 5.51. The van der Waals surface area contributed by atoms with Crippen molar-refractivity contribution in [3.8, 4) is 0 Å². The predicted octanol–water partition coefficient (Wildman–Crippen LogP) is 2.67. The maximum absolute atomic E-state index is 12.2. The van der Waals surface area contributed by atoms with Crippen LogP contribution in [0.25, 0.3) is 0 Å². The second-order valence-electron chi connectivity index (χ2n) is 4.66. The van der Waals surface area contributed by atoms with Gasteiger partial charge in [0.25, 0.3) is 0 Å². The molecule has 0 spiro atoms. The van der Waals surface area contributed by atoms with E-state index in [1.54, 1.807) is 18.3 Å². The van der Waals surface area contributed by atoms with Gasteiger partial charge in [-0.05, 0) is 40.9 Å². The molecule has 1 saturated carbocycles. The van der Waals surface area contributed by atoms with Gasteiger partial charge in [0.1, 0.15) is 5.82 Å². The zero-order valence-electron chi connectivity index (χ0n) is 10.3. The Morgan fingerprint density at radius 1 is 1.32 bits per heavy atom. The van der Waals surface area contributed by atoms with E-state index < -0.39 is 17.8 Å². The fourth-order valence-electron chi connectivity index (χ4n) is 2.43. The third-order valence-electron chi connectivity index (χ3n) is 3.42. The van der Waals surface area contributed by atoms with E-state index in [1.807, 2.05) is 0 Å². The summed E-state index contributed by atoms with van der Waals surface area (Å²) in [6.45, 7) is 0. The molecule has 5 nitrogen and oxygen atoms in total. The van der Waals surface area contributed by atoms with Crippen molar-refractivity contribution >= 4 is 33.6 Å². The van der Waals surface area contributed by atoms with Crippen molar-refractivity contribution in [2.24, 2.45) is 11.8 Å². The van der Waals surface area contributed by atoms with Crippen LogP contribution in [0.5, 0.6) is 0 Å². The fourth-order valence-corrected chi connectivity index (χ4v) is 2.78. The predicted molar refractivity (Wildman–Crippen MR) is 73.7 cm³/mol. The van der Waals surface area contributed by atoms with Crippen LogP contribution >= 0.6 is 15.9 Å². The Labute approximate surface area is 119 Å². The van der Waals surface area contributed by atoms with Crippen molar-refractivity contribution in [1.29, 1.82) is 0 Å². The summed E-state index contributed by atoms with van der Waals surface area (Å²) >= 11 is 3.30. The zero-order chi connectivity index (χ0) is 13.8. The number of carboxylic acids is 1. The highest BCUT2D eigenvalue weighted by molar-refractivity contribution is 9.10. The molecule has 1 amide bonds. The van der Waals surface area contributed by atoms with Crippen LogP contribution in [0.3, 0.4) is 0 Å². The van der Waals surface area contributed by atoms with E-state index in [4.69, 9.17) is 0 Å². The Morgan fingerprint density at radius 2 is 2.00 bits per heavy atom. The molecule has 1 fully saturated rings. The Kier molecular flexibility index (Phi) is 4.52. The summed E-state index contributed by atoms with van der Waals surface area (Å²) in [5.41, 5.74) is 0. The summed E-state index contributed by atoms with van der Waals surface area (Å²) in [7, 11) is 0. The lowest BCUT2D eigenvalue weighted by molar-refractivity contribution is -0.147. The van der Waals surface area contributed by atoms with E-state index >= 15 is 0 Å². The number of halogens is 1. The van der Waals surface area contributed by atoms with Gasteiger partial charge in [0.05, 0.1) is 16.3 Å². The number of amides is 1. The number of carbonyl (C=O) groups is 2. The van der Waals surface area contributed by atoms with Crippen LogP contribution < -0.4 is 5.32 Å². The van der Waals surface area contributed by atoms with Crippen LogP contribution in [0.4, 0.5) is 5.82 Å². The monoisotopic (exact) mass is 326 g/mol. The number of hydrogen-bond donors (Lipinski definition) is 2. The first kappa shape index (κ1) is 14.0. The average Bonchev–Trinajstić information content (AvgIpc) is 2.41. The first-order chi connectivity index (χ1) is 9.09. The zero-order valence-corrected chi connectivity index (χ0v) is 11.9. The Morgan fingerprint density at radius 3 is 2.63 bits per heavy atom. The molecule has 0 saturated heterocycles. The van der Waals surface area contributed by atoms with Gasteiger partial charge in [0.2, 0.25) is 5.91 Å². The largest absolute Gasteiger partial charge is 0.481 e. The fraction of sp³-hybridized carbons (Fsp3) is 0.462. The molecule has 1 aromatic rings. The SMILES string of the molecule is O=C(O)[C@H]1CCCC[C@H]1C(=O)Nc1ncccc1Br. The van der Waals surface area contributed by atoms with Gasteiger partial charge in [-0.15, -0.1) is 0 Å². The molecule has 1 aliphatic carbocycles. The van der Waals surface area contributed by atoms with Gasteiger partial charge >= 0.3 is 5.97 Å². The van der Waals surface area contributed by atoms with Crippen molar-refractivity contribution in [1.82, 2.24) is 4.98 Å². The average molecular weight is 327 g/mol. The van der Waals surface area contributed by atoms with Gasteiger partial charge in [0, 0.05) is 6.20 Å². The van der Waals surface area contributed by atoms with Crippen LogP contribution in [0.15, 0.2) is 22.8 Å². The first-order valence-electron chi connectivity index (χ1n) is 6.24. The van der Waals surface area contributed by atoms with E-state index in [-0.39, 0.29) is 5.91 Å². The number of nitrogens with one attached hydrogen (secondary N) is 1.